The van der Waals surface area contributed by atoms with Crippen molar-refractivity contribution in [2.75, 3.05) is 6.54 Å². The summed E-state index contributed by atoms with van der Waals surface area (Å²) in [5.74, 6) is -0.872. The molecular weight excluding hydrogens is 258 g/mol. The van der Waals surface area contributed by atoms with Crippen LogP contribution in [-0.2, 0) is 6.42 Å². The molecule has 0 bridgehead atoms. The number of hydrogen-bond donors (Lipinski definition) is 1. The summed E-state index contributed by atoms with van der Waals surface area (Å²) in [4.78, 5) is 4.36. The number of hydrogen-bond acceptors (Lipinski definition) is 2. The first-order valence-corrected chi connectivity index (χ1v) is 6.79. The molecule has 0 aliphatic heterocycles. The van der Waals surface area contributed by atoms with Crippen molar-refractivity contribution in [2.45, 2.75) is 26.3 Å². The number of nitrogens with one attached hydrogen (secondary N) is 1. The van der Waals surface area contributed by atoms with Gasteiger partial charge in [0.25, 0.3) is 0 Å². The molecule has 0 aliphatic carbocycles. The molecule has 20 heavy (non-hydrogen) atoms. The fourth-order valence-corrected chi connectivity index (χ4v) is 2.30. The zero-order valence-electron chi connectivity index (χ0n) is 11.7. The SMILES string of the molecule is CCNC(c1cc(F)ccc1F)c1ncccc1CC. The average molecular weight is 276 g/mol. The molecule has 0 spiro atoms. The summed E-state index contributed by atoms with van der Waals surface area (Å²) in [6, 6.07) is 6.89. The van der Waals surface area contributed by atoms with Gasteiger partial charge in [0.1, 0.15) is 11.6 Å². The quantitative estimate of drug-likeness (QED) is 0.902. The van der Waals surface area contributed by atoms with Gasteiger partial charge in [-0.1, -0.05) is 19.9 Å². The Morgan fingerprint density at radius 3 is 2.70 bits per heavy atom. The van der Waals surface area contributed by atoms with Gasteiger partial charge in [0.05, 0.1) is 11.7 Å². The number of benzene rings is 1. The van der Waals surface area contributed by atoms with E-state index >= 15 is 0 Å². The maximum absolute atomic E-state index is 14.0. The highest BCUT2D eigenvalue weighted by molar-refractivity contribution is 5.34. The van der Waals surface area contributed by atoms with E-state index in [1.54, 1.807) is 6.20 Å². The highest BCUT2D eigenvalue weighted by Gasteiger charge is 2.21. The van der Waals surface area contributed by atoms with Crippen molar-refractivity contribution in [1.82, 2.24) is 10.3 Å². The third-order valence-corrected chi connectivity index (χ3v) is 3.26. The normalized spacial score (nSPS) is 12.4. The van der Waals surface area contributed by atoms with Crippen molar-refractivity contribution in [2.24, 2.45) is 0 Å². The van der Waals surface area contributed by atoms with Crippen molar-refractivity contribution < 1.29 is 8.78 Å². The third-order valence-electron chi connectivity index (χ3n) is 3.26. The van der Waals surface area contributed by atoms with E-state index in [2.05, 4.69) is 10.3 Å². The molecule has 0 radical (unpaired) electrons. The minimum Gasteiger partial charge on any atom is -0.305 e. The highest BCUT2D eigenvalue weighted by atomic mass is 19.1. The van der Waals surface area contributed by atoms with E-state index in [9.17, 15) is 8.78 Å². The molecule has 1 aromatic carbocycles. The molecular formula is C16H18F2N2. The molecule has 0 saturated carbocycles. The van der Waals surface area contributed by atoms with Gasteiger partial charge < -0.3 is 5.32 Å². The van der Waals surface area contributed by atoms with Gasteiger partial charge in [-0.2, -0.15) is 0 Å². The number of nitrogens with zero attached hydrogens (tertiary/aromatic N) is 1. The predicted molar refractivity (Wildman–Crippen MR) is 75.5 cm³/mol. The lowest BCUT2D eigenvalue weighted by Gasteiger charge is -2.21. The molecule has 1 N–H and O–H groups in total. The van der Waals surface area contributed by atoms with Crippen molar-refractivity contribution >= 4 is 0 Å². The maximum Gasteiger partial charge on any atom is 0.128 e. The molecule has 2 rings (SSSR count). The minimum absolute atomic E-state index is 0.292. The Morgan fingerprint density at radius 1 is 1.20 bits per heavy atom. The number of aromatic nitrogens is 1. The Morgan fingerprint density at radius 2 is 2.00 bits per heavy atom. The van der Waals surface area contributed by atoms with Gasteiger partial charge in [-0.05, 0) is 42.8 Å². The summed E-state index contributed by atoms with van der Waals surface area (Å²) in [6.45, 7) is 4.59. The van der Waals surface area contributed by atoms with Crippen molar-refractivity contribution in [1.29, 1.82) is 0 Å². The molecule has 1 heterocycles. The van der Waals surface area contributed by atoms with Crippen LogP contribution in [0.1, 0.15) is 36.7 Å². The summed E-state index contributed by atoms with van der Waals surface area (Å²) in [7, 11) is 0. The Labute approximate surface area is 117 Å². The summed E-state index contributed by atoms with van der Waals surface area (Å²) in [5, 5.41) is 3.19. The second kappa shape index (κ2) is 6.57. The van der Waals surface area contributed by atoms with Crippen LogP contribution in [0.15, 0.2) is 36.5 Å². The topological polar surface area (TPSA) is 24.9 Å². The van der Waals surface area contributed by atoms with Crippen molar-refractivity contribution in [3.63, 3.8) is 0 Å². The number of pyridine rings is 1. The monoisotopic (exact) mass is 276 g/mol. The van der Waals surface area contributed by atoms with E-state index in [-0.39, 0.29) is 0 Å². The molecule has 0 fully saturated rings. The van der Waals surface area contributed by atoms with E-state index in [1.807, 2.05) is 26.0 Å². The molecule has 4 heteroatoms. The van der Waals surface area contributed by atoms with E-state index in [1.165, 1.54) is 6.07 Å². The summed E-state index contributed by atoms with van der Waals surface area (Å²) < 4.78 is 27.5. The Bertz CT molecular complexity index is 584. The molecule has 1 aromatic heterocycles. The predicted octanol–water partition coefficient (Wildman–Crippen LogP) is 3.62. The molecule has 2 aromatic rings. The first-order chi connectivity index (χ1) is 9.67. The number of rotatable bonds is 5. The molecule has 0 amide bonds. The molecule has 1 unspecified atom stereocenters. The summed E-state index contributed by atoms with van der Waals surface area (Å²) in [6.07, 6.45) is 2.47. The summed E-state index contributed by atoms with van der Waals surface area (Å²) >= 11 is 0. The summed E-state index contributed by atoms with van der Waals surface area (Å²) in [5.41, 5.74) is 2.07. The van der Waals surface area contributed by atoms with Gasteiger partial charge in [0, 0.05) is 11.8 Å². The first kappa shape index (κ1) is 14.6. The van der Waals surface area contributed by atoms with Gasteiger partial charge in [-0.25, -0.2) is 8.78 Å². The zero-order chi connectivity index (χ0) is 14.5. The van der Waals surface area contributed by atoms with Crippen molar-refractivity contribution in [3.8, 4) is 0 Å². The lowest BCUT2D eigenvalue weighted by atomic mass is 9.97. The van der Waals surface area contributed by atoms with E-state index in [0.29, 0.717) is 12.1 Å². The van der Waals surface area contributed by atoms with E-state index < -0.39 is 17.7 Å². The van der Waals surface area contributed by atoms with Gasteiger partial charge in [-0.15, -0.1) is 0 Å². The van der Waals surface area contributed by atoms with Gasteiger partial charge in [-0.3, -0.25) is 4.98 Å². The fourth-order valence-electron chi connectivity index (χ4n) is 2.30. The van der Waals surface area contributed by atoms with Crippen LogP contribution in [0.2, 0.25) is 0 Å². The third kappa shape index (κ3) is 3.02. The lowest BCUT2D eigenvalue weighted by molar-refractivity contribution is 0.537. The molecule has 106 valence electrons. The second-order valence-corrected chi connectivity index (χ2v) is 4.56. The van der Waals surface area contributed by atoms with Crippen LogP contribution in [0.25, 0.3) is 0 Å². The zero-order valence-corrected chi connectivity index (χ0v) is 11.7. The number of halogens is 2. The van der Waals surface area contributed by atoms with Crippen molar-refractivity contribution in [3.05, 3.63) is 65.0 Å². The maximum atomic E-state index is 14.0. The van der Waals surface area contributed by atoms with Gasteiger partial charge in [0.2, 0.25) is 0 Å². The molecule has 0 aliphatic rings. The largest absolute Gasteiger partial charge is 0.305 e. The van der Waals surface area contributed by atoms with Gasteiger partial charge >= 0.3 is 0 Å². The number of aryl methyl sites for hydroxylation is 1. The van der Waals surface area contributed by atoms with Crippen LogP contribution in [0.3, 0.4) is 0 Å². The van der Waals surface area contributed by atoms with Crippen LogP contribution in [-0.4, -0.2) is 11.5 Å². The van der Waals surface area contributed by atoms with E-state index in [4.69, 9.17) is 0 Å². The first-order valence-electron chi connectivity index (χ1n) is 6.79. The minimum atomic E-state index is -0.446. The fraction of sp³-hybridized carbons (Fsp3) is 0.312. The standard InChI is InChI=1S/C16H18F2N2/c1-3-11-6-5-9-20-15(11)16(19-4-2)13-10-12(17)7-8-14(13)18/h5-10,16,19H,3-4H2,1-2H3. The lowest BCUT2D eigenvalue weighted by Crippen LogP contribution is -2.25. The second-order valence-electron chi connectivity index (χ2n) is 4.56. The average Bonchev–Trinajstić information content (AvgIpc) is 2.47. The smallest absolute Gasteiger partial charge is 0.128 e. The molecule has 2 nitrogen and oxygen atoms in total. The highest BCUT2D eigenvalue weighted by Crippen LogP contribution is 2.26. The van der Waals surface area contributed by atoms with Crippen LogP contribution in [0, 0.1) is 11.6 Å². The van der Waals surface area contributed by atoms with Crippen LogP contribution < -0.4 is 5.32 Å². The van der Waals surface area contributed by atoms with E-state index in [0.717, 1.165) is 29.8 Å². The molecule has 1 atom stereocenters. The van der Waals surface area contributed by atoms with Gasteiger partial charge in [0.15, 0.2) is 0 Å². The van der Waals surface area contributed by atoms with Crippen LogP contribution in [0.5, 0.6) is 0 Å². The van der Waals surface area contributed by atoms with Crippen LogP contribution >= 0.6 is 0 Å². The Hall–Kier alpha value is -1.81. The Balaban J connectivity index is 2.53. The Kier molecular flexibility index (Phi) is 4.79. The van der Waals surface area contributed by atoms with Crippen LogP contribution in [0.4, 0.5) is 8.78 Å². The molecule has 0 saturated heterocycles.